The van der Waals surface area contributed by atoms with Gasteiger partial charge in [0.05, 0.1) is 0 Å². The predicted molar refractivity (Wildman–Crippen MR) is 62.2 cm³/mol. The van der Waals surface area contributed by atoms with Gasteiger partial charge in [0, 0.05) is 0 Å². The van der Waals surface area contributed by atoms with Crippen LogP contribution in [0.15, 0.2) is 23.3 Å². The van der Waals surface area contributed by atoms with Crippen molar-refractivity contribution in [1.82, 2.24) is 0 Å². The molecule has 0 aromatic heterocycles. The molecule has 0 radical (unpaired) electrons. The van der Waals surface area contributed by atoms with Crippen molar-refractivity contribution < 1.29 is 0 Å². The predicted octanol–water partition coefficient (Wildman–Crippen LogP) is 4.48. The van der Waals surface area contributed by atoms with Gasteiger partial charge >= 0.3 is 0 Å². The quantitative estimate of drug-likeness (QED) is 0.572. The molecule has 0 aromatic carbocycles. The Hall–Kier alpha value is -0.520. The molecule has 0 heterocycles. The molecule has 2 rings (SSSR count). The summed E-state index contributed by atoms with van der Waals surface area (Å²) in [5.41, 5.74) is 3.91. The molecule has 2 aliphatic carbocycles. The van der Waals surface area contributed by atoms with Gasteiger partial charge in [0.2, 0.25) is 0 Å². The minimum Gasteiger partial charge on any atom is -0.0839 e. The molecule has 0 nitrogen and oxygen atoms in total. The third-order valence-electron chi connectivity index (χ3n) is 4.34. The van der Waals surface area contributed by atoms with Crippen LogP contribution in [0.1, 0.15) is 52.9 Å². The summed E-state index contributed by atoms with van der Waals surface area (Å²) in [5.74, 6) is 0.774. The van der Waals surface area contributed by atoms with Crippen LogP contribution >= 0.6 is 0 Å². The number of hydrogen-bond donors (Lipinski definition) is 0. The van der Waals surface area contributed by atoms with Crippen LogP contribution < -0.4 is 0 Å². The molecule has 0 fully saturated rings. The van der Waals surface area contributed by atoms with Crippen molar-refractivity contribution in [3.63, 3.8) is 0 Å². The Morgan fingerprint density at radius 1 is 1.29 bits per heavy atom. The zero-order valence-corrected chi connectivity index (χ0v) is 9.77. The van der Waals surface area contributed by atoms with Gasteiger partial charge in [-0.15, -0.1) is 0 Å². The van der Waals surface area contributed by atoms with Crippen LogP contribution in [-0.4, -0.2) is 0 Å². The van der Waals surface area contributed by atoms with Crippen LogP contribution in [0, 0.1) is 11.3 Å². The second kappa shape index (κ2) is 3.56. The lowest BCUT2D eigenvalue weighted by Crippen LogP contribution is -2.30. The van der Waals surface area contributed by atoms with Gasteiger partial charge in [-0.05, 0) is 49.0 Å². The highest BCUT2D eigenvalue weighted by Crippen LogP contribution is 2.48. The Bertz CT molecular complexity index is 280. The molecule has 0 N–H and O–H groups in total. The van der Waals surface area contributed by atoms with Crippen LogP contribution in [0.4, 0.5) is 0 Å². The van der Waals surface area contributed by atoms with Crippen LogP contribution in [0.2, 0.25) is 0 Å². The third-order valence-corrected chi connectivity index (χ3v) is 4.34. The molecule has 0 heteroatoms. The lowest BCUT2D eigenvalue weighted by atomic mass is 9.63. The zero-order valence-electron chi connectivity index (χ0n) is 9.77. The highest BCUT2D eigenvalue weighted by atomic mass is 14.4. The summed E-state index contributed by atoms with van der Waals surface area (Å²) in [6, 6.07) is 0. The molecule has 0 bridgehead atoms. The van der Waals surface area contributed by atoms with Crippen molar-refractivity contribution in [3.05, 3.63) is 23.3 Å². The Kier molecular flexibility index (Phi) is 2.55. The van der Waals surface area contributed by atoms with Crippen molar-refractivity contribution >= 4 is 0 Å². The second-order valence-electron chi connectivity index (χ2n) is 5.38. The molecule has 0 saturated carbocycles. The number of hydrogen-bond acceptors (Lipinski definition) is 0. The standard InChI is InChI=1S/C14H22/c1-11(2)14(3)10-6-8-12-7-4-5-9-13(12)14/h5,9,11H,4,6-8,10H2,1-3H3. The molecule has 14 heavy (non-hydrogen) atoms. The fourth-order valence-electron chi connectivity index (χ4n) is 2.97. The highest BCUT2D eigenvalue weighted by molar-refractivity contribution is 5.37. The van der Waals surface area contributed by atoms with Gasteiger partial charge < -0.3 is 0 Å². The van der Waals surface area contributed by atoms with Crippen LogP contribution in [0.5, 0.6) is 0 Å². The topological polar surface area (TPSA) is 0 Å². The minimum atomic E-state index is 0.463. The maximum atomic E-state index is 2.46. The number of allylic oxidation sites excluding steroid dienone is 4. The van der Waals surface area contributed by atoms with Crippen LogP contribution in [-0.2, 0) is 0 Å². The van der Waals surface area contributed by atoms with Gasteiger partial charge in [0.25, 0.3) is 0 Å². The van der Waals surface area contributed by atoms with Crippen molar-refractivity contribution in [1.29, 1.82) is 0 Å². The Morgan fingerprint density at radius 3 is 2.79 bits per heavy atom. The third kappa shape index (κ3) is 1.45. The molecular weight excluding hydrogens is 168 g/mol. The monoisotopic (exact) mass is 190 g/mol. The summed E-state index contributed by atoms with van der Waals surface area (Å²) in [5, 5.41) is 0. The van der Waals surface area contributed by atoms with Gasteiger partial charge in [-0.1, -0.05) is 38.5 Å². The van der Waals surface area contributed by atoms with Crippen LogP contribution in [0.25, 0.3) is 0 Å². The van der Waals surface area contributed by atoms with E-state index in [-0.39, 0.29) is 0 Å². The van der Waals surface area contributed by atoms with E-state index in [4.69, 9.17) is 0 Å². The summed E-state index contributed by atoms with van der Waals surface area (Å²) >= 11 is 0. The van der Waals surface area contributed by atoms with E-state index in [0.29, 0.717) is 5.41 Å². The Morgan fingerprint density at radius 2 is 2.07 bits per heavy atom. The zero-order chi connectivity index (χ0) is 10.2. The summed E-state index contributed by atoms with van der Waals surface area (Å²) in [4.78, 5) is 0. The smallest absolute Gasteiger partial charge is 0.00527 e. The van der Waals surface area contributed by atoms with Crippen molar-refractivity contribution in [2.75, 3.05) is 0 Å². The van der Waals surface area contributed by atoms with Gasteiger partial charge in [-0.3, -0.25) is 0 Å². The fourth-order valence-corrected chi connectivity index (χ4v) is 2.97. The number of rotatable bonds is 1. The van der Waals surface area contributed by atoms with E-state index >= 15 is 0 Å². The molecule has 0 aliphatic heterocycles. The van der Waals surface area contributed by atoms with E-state index in [1.54, 1.807) is 11.1 Å². The molecule has 1 unspecified atom stereocenters. The molecule has 1 atom stereocenters. The minimum absolute atomic E-state index is 0.463. The van der Waals surface area contributed by atoms with E-state index in [1.165, 1.54) is 32.1 Å². The molecule has 0 saturated heterocycles. The van der Waals surface area contributed by atoms with E-state index in [9.17, 15) is 0 Å². The highest BCUT2D eigenvalue weighted by Gasteiger charge is 2.35. The average molecular weight is 190 g/mol. The first-order valence-electron chi connectivity index (χ1n) is 6.03. The molecule has 2 aliphatic rings. The first-order chi connectivity index (χ1) is 6.64. The second-order valence-corrected chi connectivity index (χ2v) is 5.38. The lowest BCUT2D eigenvalue weighted by molar-refractivity contribution is 0.237. The van der Waals surface area contributed by atoms with Crippen molar-refractivity contribution in [3.8, 4) is 0 Å². The first kappa shape index (κ1) is 10.0. The Labute approximate surface area is 88.1 Å². The largest absolute Gasteiger partial charge is 0.0839 e. The molecule has 0 aromatic rings. The van der Waals surface area contributed by atoms with E-state index in [2.05, 4.69) is 32.9 Å². The molecule has 0 amide bonds. The van der Waals surface area contributed by atoms with Gasteiger partial charge in [-0.2, -0.15) is 0 Å². The molecular formula is C14H22. The maximum Gasteiger partial charge on any atom is -0.00527 e. The first-order valence-corrected chi connectivity index (χ1v) is 6.03. The summed E-state index contributed by atoms with van der Waals surface area (Å²) in [6.07, 6.45) is 11.5. The summed E-state index contributed by atoms with van der Waals surface area (Å²) in [6.45, 7) is 7.21. The Balaban J connectivity index is 2.39. The van der Waals surface area contributed by atoms with E-state index in [0.717, 1.165) is 5.92 Å². The van der Waals surface area contributed by atoms with Gasteiger partial charge in [0.15, 0.2) is 0 Å². The molecule has 0 spiro atoms. The van der Waals surface area contributed by atoms with Crippen LogP contribution in [0.3, 0.4) is 0 Å². The summed E-state index contributed by atoms with van der Waals surface area (Å²) in [7, 11) is 0. The normalized spacial score (nSPS) is 32.3. The maximum absolute atomic E-state index is 2.46. The summed E-state index contributed by atoms with van der Waals surface area (Å²) < 4.78 is 0. The van der Waals surface area contributed by atoms with Gasteiger partial charge in [-0.25, -0.2) is 0 Å². The molecule has 78 valence electrons. The van der Waals surface area contributed by atoms with Gasteiger partial charge in [0.1, 0.15) is 0 Å². The van der Waals surface area contributed by atoms with Crippen molar-refractivity contribution in [2.45, 2.75) is 52.9 Å². The van der Waals surface area contributed by atoms with E-state index < -0.39 is 0 Å². The SMILES string of the molecule is CC(C)C1(C)CCCC2=C1C=CCC2. The van der Waals surface area contributed by atoms with Crippen molar-refractivity contribution in [2.24, 2.45) is 11.3 Å². The fraction of sp³-hybridized carbons (Fsp3) is 0.714. The lowest BCUT2D eigenvalue weighted by Gasteiger charge is -2.41. The average Bonchev–Trinajstić information content (AvgIpc) is 2.18. The van der Waals surface area contributed by atoms with E-state index in [1.807, 2.05) is 0 Å².